The van der Waals surface area contributed by atoms with Crippen LogP contribution in [0.3, 0.4) is 0 Å². The third kappa shape index (κ3) is 2.84. The summed E-state index contributed by atoms with van der Waals surface area (Å²) in [4.78, 5) is 20.8. The van der Waals surface area contributed by atoms with Gasteiger partial charge in [0.25, 0.3) is 11.5 Å². The second kappa shape index (κ2) is 6.97. The first-order valence-electron chi connectivity index (χ1n) is 9.43. The monoisotopic (exact) mass is 395 g/mol. The summed E-state index contributed by atoms with van der Waals surface area (Å²) >= 11 is 0. The summed E-state index contributed by atoms with van der Waals surface area (Å²) in [6.07, 6.45) is 0. The first-order valence-corrected chi connectivity index (χ1v) is 9.43. The van der Waals surface area contributed by atoms with E-state index in [4.69, 9.17) is 0 Å². The Bertz CT molecular complexity index is 1500. The molecule has 2 N–H and O–H groups in total. The second-order valence-electron chi connectivity index (χ2n) is 6.92. The average molecular weight is 395 g/mol. The summed E-state index contributed by atoms with van der Waals surface area (Å²) in [5.74, 6) is 0.0446. The number of hydrogen-bond acceptors (Lipinski definition) is 5. The number of aromatic nitrogens is 3. The molecule has 0 spiro atoms. The molecule has 2 heterocycles. The summed E-state index contributed by atoms with van der Waals surface area (Å²) < 4.78 is 1.45. The molecule has 0 unspecified atom stereocenters. The Labute approximate surface area is 171 Å². The topological polar surface area (TPSA) is 95.6 Å². The van der Waals surface area contributed by atoms with E-state index >= 15 is 0 Å². The zero-order chi connectivity index (χ0) is 20.7. The first kappa shape index (κ1) is 17.8. The molecule has 0 saturated carbocycles. The predicted octanol–water partition coefficient (Wildman–Crippen LogP) is 5.30. The number of aromatic amines is 1. The molecule has 0 aliphatic heterocycles. The maximum absolute atomic E-state index is 13.3. The number of hydrogen-bond donors (Lipinski definition) is 2. The van der Waals surface area contributed by atoms with Crippen molar-refractivity contribution in [2.45, 2.75) is 6.92 Å². The maximum Gasteiger partial charge on any atom is 0.267 e. The van der Waals surface area contributed by atoms with Crippen LogP contribution >= 0.6 is 0 Å². The van der Waals surface area contributed by atoms with Crippen LogP contribution in [0.25, 0.3) is 27.5 Å². The van der Waals surface area contributed by atoms with E-state index in [2.05, 4.69) is 20.2 Å². The molecule has 0 saturated heterocycles. The Hall–Kier alpha value is -4.26. The number of nitrogens with one attached hydrogen (secondary N) is 1. The molecule has 0 radical (unpaired) electrons. The van der Waals surface area contributed by atoms with Gasteiger partial charge in [-0.15, -0.1) is 10.2 Å². The number of nitrogens with zero attached hydrogens (tertiary/aromatic N) is 4. The highest BCUT2D eigenvalue weighted by molar-refractivity contribution is 5.94. The number of azo groups is 1. The third-order valence-corrected chi connectivity index (χ3v) is 5.01. The van der Waals surface area contributed by atoms with Crippen LogP contribution in [0, 0.1) is 6.92 Å². The maximum atomic E-state index is 13.3. The van der Waals surface area contributed by atoms with Crippen molar-refractivity contribution >= 4 is 33.4 Å². The molecule has 0 aliphatic rings. The summed E-state index contributed by atoms with van der Waals surface area (Å²) in [6.45, 7) is 1.92. The van der Waals surface area contributed by atoms with E-state index in [0.29, 0.717) is 22.3 Å². The lowest BCUT2D eigenvalue weighted by molar-refractivity contribution is 0.459. The first-order chi connectivity index (χ1) is 14.6. The number of fused-ring (bicyclic) bond motifs is 2. The molecule has 7 nitrogen and oxygen atoms in total. The van der Waals surface area contributed by atoms with E-state index in [9.17, 15) is 9.90 Å². The summed E-state index contributed by atoms with van der Waals surface area (Å²) in [5, 5.41) is 20.0. The number of aromatic hydroxyl groups is 1. The average Bonchev–Trinajstić information content (AvgIpc) is 3.08. The molecule has 0 fully saturated rings. The standard InChI is InChI=1S/C23H17N5O2/c1-14-8-2-7-13-19(14)28-22(30)16-10-4-6-12-18(16)25-23(28)27-26-20-15-9-3-5-11-17(15)24-21(20)29/h2-13,24,29H,1H3. The molecule has 5 aromatic rings. The van der Waals surface area contributed by atoms with Crippen LogP contribution in [0.15, 0.2) is 87.8 Å². The molecule has 3 aromatic carbocycles. The van der Waals surface area contributed by atoms with Gasteiger partial charge in [-0.3, -0.25) is 4.79 Å². The van der Waals surface area contributed by atoms with Gasteiger partial charge >= 0.3 is 0 Å². The van der Waals surface area contributed by atoms with Crippen LogP contribution < -0.4 is 5.56 Å². The van der Waals surface area contributed by atoms with E-state index in [1.165, 1.54) is 4.57 Å². The van der Waals surface area contributed by atoms with Crippen LogP contribution in [0.5, 0.6) is 5.88 Å². The predicted molar refractivity (Wildman–Crippen MR) is 116 cm³/mol. The third-order valence-electron chi connectivity index (χ3n) is 5.01. The minimum absolute atomic E-state index is 0.0921. The molecule has 0 atom stereocenters. The van der Waals surface area contributed by atoms with Crippen molar-refractivity contribution in [3.63, 3.8) is 0 Å². The lowest BCUT2D eigenvalue weighted by Gasteiger charge is -2.12. The zero-order valence-electron chi connectivity index (χ0n) is 16.1. The van der Waals surface area contributed by atoms with Crippen LogP contribution in [0.4, 0.5) is 11.6 Å². The fourth-order valence-electron chi connectivity index (χ4n) is 3.53. The number of H-pyrrole nitrogens is 1. The Morgan fingerprint density at radius 2 is 1.60 bits per heavy atom. The molecule has 30 heavy (non-hydrogen) atoms. The van der Waals surface area contributed by atoms with E-state index in [0.717, 1.165) is 16.5 Å². The molecular formula is C23H17N5O2. The van der Waals surface area contributed by atoms with E-state index in [-0.39, 0.29) is 17.4 Å². The highest BCUT2D eigenvalue weighted by Gasteiger charge is 2.15. The van der Waals surface area contributed by atoms with Crippen molar-refractivity contribution in [2.24, 2.45) is 10.2 Å². The van der Waals surface area contributed by atoms with Gasteiger partial charge in [-0.05, 0) is 36.8 Å². The fourth-order valence-corrected chi connectivity index (χ4v) is 3.53. The van der Waals surface area contributed by atoms with E-state index in [1.54, 1.807) is 18.2 Å². The number of benzene rings is 3. The summed E-state index contributed by atoms with van der Waals surface area (Å²) in [7, 11) is 0. The minimum Gasteiger partial charge on any atom is -0.493 e. The van der Waals surface area contributed by atoms with Crippen molar-refractivity contribution in [3.05, 3.63) is 88.7 Å². The molecule has 0 amide bonds. The molecular weight excluding hydrogens is 378 g/mol. The lowest BCUT2D eigenvalue weighted by atomic mass is 10.2. The van der Waals surface area contributed by atoms with E-state index < -0.39 is 0 Å². The van der Waals surface area contributed by atoms with Crippen molar-refractivity contribution in [2.75, 3.05) is 0 Å². The lowest BCUT2D eigenvalue weighted by Crippen LogP contribution is -2.20. The number of aryl methyl sites for hydroxylation is 1. The van der Waals surface area contributed by atoms with Gasteiger partial charge in [0.05, 0.1) is 22.1 Å². The quantitative estimate of drug-likeness (QED) is 0.406. The van der Waals surface area contributed by atoms with Crippen LogP contribution in [-0.4, -0.2) is 19.6 Å². The molecule has 0 bridgehead atoms. The van der Waals surface area contributed by atoms with Gasteiger partial charge in [0, 0.05) is 5.39 Å². The van der Waals surface area contributed by atoms with E-state index in [1.807, 2.05) is 61.5 Å². The molecule has 7 heteroatoms. The molecule has 146 valence electrons. The van der Waals surface area contributed by atoms with Gasteiger partial charge in [0.2, 0.25) is 5.88 Å². The highest BCUT2D eigenvalue weighted by Crippen LogP contribution is 2.36. The Morgan fingerprint density at radius 3 is 2.43 bits per heavy atom. The van der Waals surface area contributed by atoms with Crippen molar-refractivity contribution in [1.82, 2.24) is 14.5 Å². The smallest absolute Gasteiger partial charge is 0.267 e. The molecule has 0 aliphatic carbocycles. The zero-order valence-corrected chi connectivity index (χ0v) is 16.1. The van der Waals surface area contributed by atoms with Gasteiger partial charge in [0.1, 0.15) is 0 Å². The molecule has 5 rings (SSSR count). The minimum atomic E-state index is -0.230. The highest BCUT2D eigenvalue weighted by atomic mass is 16.3. The van der Waals surface area contributed by atoms with Crippen molar-refractivity contribution < 1.29 is 5.11 Å². The van der Waals surface area contributed by atoms with Gasteiger partial charge in [0.15, 0.2) is 5.69 Å². The van der Waals surface area contributed by atoms with Gasteiger partial charge in [-0.2, -0.15) is 0 Å². The second-order valence-corrected chi connectivity index (χ2v) is 6.92. The normalized spacial score (nSPS) is 11.6. The Kier molecular flexibility index (Phi) is 4.14. The van der Waals surface area contributed by atoms with Crippen LogP contribution in [0.2, 0.25) is 0 Å². The van der Waals surface area contributed by atoms with Crippen LogP contribution in [0.1, 0.15) is 5.56 Å². The van der Waals surface area contributed by atoms with Gasteiger partial charge in [-0.25, -0.2) is 9.55 Å². The largest absolute Gasteiger partial charge is 0.493 e. The van der Waals surface area contributed by atoms with Crippen molar-refractivity contribution in [1.29, 1.82) is 0 Å². The fraction of sp³-hybridized carbons (Fsp3) is 0.0435. The van der Waals surface area contributed by atoms with Gasteiger partial charge < -0.3 is 10.1 Å². The number of para-hydroxylation sites is 3. The number of rotatable bonds is 3. The van der Waals surface area contributed by atoms with Gasteiger partial charge in [-0.1, -0.05) is 48.5 Å². The SMILES string of the molecule is Cc1ccccc1-n1c(N=Nc2c(O)[nH]c3ccccc23)nc2ccccc2c1=O. The molecule has 2 aromatic heterocycles. The van der Waals surface area contributed by atoms with Crippen molar-refractivity contribution in [3.8, 4) is 11.6 Å². The Balaban J connectivity index is 1.77. The van der Waals surface area contributed by atoms with Crippen LogP contribution in [-0.2, 0) is 0 Å². The summed E-state index contributed by atoms with van der Waals surface area (Å²) in [6, 6.07) is 22.0. The summed E-state index contributed by atoms with van der Waals surface area (Å²) in [5.41, 5.74) is 2.92. The Morgan fingerprint density at radius 1 is 0.900 bits per heavy atom.